The van der Waals surface area contributed by atoms with Crippen molar-refractivity contribution in [2.45, 2.75) is 0 Å². The molecule has 0 aliphatic rings. The first-order valence-corrected chi connectivity index (χ1v) is 6.54. The van der Waals surface area contributed by atoms with E-state index in [1.54, 1.807) is 0 Å². The molecular formula is H7MgNaO11P2S. The Labute approximate surface area is 131 Å². The normalized spacial score (nSPS) is 14.4. The van der Waals surface area contributed by atoms with Gasteiger partial charge in [0, 0.05) is 10.4 Å². The average molecular weight is 324 g/mol. The summed E-state index contributed by atoms with van der Waals surface area (Å²) in [5.41, 5.74) is 0. The molecule has 0 heterocycles. The van der Waals surface area contributed by atoms with Crippen molar-refractivity contribution in [1.29, 1.82) is 0 Å². The van der Waals surface area contributed by atoms with Crippen molar-refractivity contribution in [2.24, 2.45) is 0 Å². The smallest absolute Gasteiger partial charge is 0.759 e. The van der Waals surface area contributed by atoms with E-state index < -0.39 is 26.0 Å². The maximum atomic E-state index is 9.59. The molecule has 0 aliphatic heterocycles. The molecule has 0 radical (unpaired) electrons. The number of hydrogen-bond donors (Lipinski definition) is 3. The first kappa shape index (κ1) is 26.5. The van der Waals surface area contributed by atoms with Gasteiger partial charge in [-0.2, -0.15) is 0 Å². The molecule has 0 bridgehead atoms. The van der Waals surface area contributed by atoms with Crippen LogP contribution in [0.1, 0.15) is 2.85 Å². The van der Waals surface area contributed by atoms with Crippen LogP contribution in [-0.2, 0) is 23.8 Å². The van der Waals surface area contributed by atoms with E-state index in [-0.39, 0.29) is 55.5 Å². The third kappa shape index (κ3) is 56.6. The number of phosphoric acid groups is 2. The second kappa shape index (κ2) is 9.78. The summed E-state index contributed by atoms with van der Waals surface area (Å²) in [4.78, 5) is 32.6. The Kier molecular flexibility index (Phi) is 16.2. The van der Waals surface area contributed by atoms with Crippen molar-refractivity contribution in [3.63, 3.8) is 0 Å². The molecule has 0 rings (SSSR count). The Morgan fingerprint density at radius 3 is 1.31 bits per heavy atom. The summed E-state index contributed by atoms with van der Waals surface area (Å²) in [6.07, 6.45) is 0. The maximum Gasteiger partial charge on any atom is 1.00 e. The van der Waals surface area contributed by atoms with Crippen LogP contribution >= 0.6 is 15.6 Å². The second-order valence-corrected chi connectivity index (χ2v) is 4.84. The largest absolute Gasteiger partial charge is 1.00 e. The molecular weight excluding hydrogens is 317 g/mol. The standard InChI is InChI=1S/Mg.Na.H4O7P2.H2O4S.2H/c;;1-8(2,3)7-9(4,5)6;1-5(2,3)4;;/h;;(H2,1,2,3)(H2,4,5,6);(H2,1,2,3,4);;/q;+1;;;;/p-1. The molecule has 0 amide bonds. The van der Waals surface area contributed by atoms with Crippen LogP contribution in [-0.4, -0.2) is 55.3 Å². The van der Waals surface area contributed by atoms with Gasteiger partial charge in [-0.05, 0) is 0 Å². The first-order valence-electron chi connectivity index (χ1n) is 2.18. The summed E-state index contributed by atoms with van der Waals surface area (Å²) in [6.45, 7) is 0. The number of hydrogen-bond acceptors (Lipinski definition) is 8. The van der Waals surface area contributed by atoms with Crippen molar-refractivity contribution in [1.82, 2.24) is 0 Å². The van der Waals surface area contributed by atoms with Gasteiger partial charge in [-0.3, -0.25) is 13.0 Å². The van der Waals surface area contributed by atoms with Gasteiger partial charge in [0.15, 0.2) is 0 Å². The molecule has 0 aromatic carbocycles. The van der Waals surface area contributed by atoms with Crippen LogP contribution in [0.15, 0.2) is 0 Å². The zero-order valence-electron chi connectivity index (χ0n) is 8.91. The number of rotatable bonds is 2. The fourth-order valence-electron chi connectivity index (χ4n) is 0.134. The van der Waals surface area contributed by atoms with Crippen LogP contribution in [0.2, 0.25) is 0 Å². The maximum absolute atomic E-state index is 9.59. The monoisotopic (exact) mass is 324 g/mol. The van der Waals surface area contributed by atoms with Crippen LogP contribution < -0.4 is 34.5 Å². The van der Waals surface area contributed by atoms with E-state index in [9.17, 15) is 14.0 Å². The predicted octanol–water partition coefficient (Wildman–Crippen LogP) is -6.47. The Balaban J connectivity index is -0.0000000359. The second-order valence-electron chi connectivity index (χ2n) is 1.45. The SMILES string of the molecule is O=P([O-])(O)OP(=O)(O)O.O=S(=O)([O-])[O-].[H+].[H+].[MgH2].[Na+]. The molecule has 0 fully saturated rings. The van der Waals surface area contributed by atoms with Gasteiger partial charge in [0.05, 0.1) is 0 Å². The minimum atomic E-state index is -5.30. The minimum Gasteiger partial charge on any atom is -0.759 e. The molecule has 0 saturated carbocycles. The Bertz CT molecular complexity index is 327. The molecule has 11 nitrogen and oxygen atoms in total. The van der Waals surface area contributed by atoms with E-state index in [1.807, 2.05) is 0 Å². The van der Waals surface area contributed by atoms with Gasteiger partial charge in [-0.15, -0.1) is 0 Å². The molecule has 3 N–H and O–H groups in total. The zero-order valence-corrected chi connectivity index (χ0v) is 11.5. The van der Waals surface area contributed by atoms with E-state index in [2.05, 4.69) is 4.31 Å². The molecule has 1 unspecified atom stereocenters. The summed E-state index contributed by atoms with van der Waals surface area (Å²) in [7, 11) is -15.6. The third-order valence-electron chi connectivity index (χ3n) is 0.210. The molecule has 0 spiro atoms. The summed E-state index contributed by atoms with van der Waals surface area (Å²) in [6, 6.07) is 0. The fourth-order valence-corrected chi connectivity index (χ4v) is 1.21. The fraction of sp³-hybridized carbons (Fsp3) is 0. The van der Waals surface area contributed by atoms with Gasteiger partial charge < -0.3 is 28.7 Å². The van der Waals surface area contributed by atoms with E-state index >= 15 is 0 Å². The van der Waals surface area contributed by atoms with Crippen LogP contribution in [0, 0.1) is 0 Å². The average Bonchev–Trinajstić information content (AvgIpc) is 1.42. The van der Waals surface area contributed by atoms with Crippen molar-refractivity contribution < 1.29 is 82.9 Å². The molecule has 16 heavy (non-hydrogen) atoms. The van der Waals surface area contributed by atoms with Crippen molar-refractivity contribution >= 4 is 49.1 Å². The van der Waals surface area contributed by atoms with Crippen molar-refractivity contribution in [3.05, 3.63) is 0 Å². The topological polar surface area (TPSA) is 207 Å². The predicted molar refractivity (Wildman–Crippen MR) is 44.2 cm³/mol. The quantitative estimate of drug-likeness (QED) is 0.188. The van der Waals surface area contributed by atoms with E-state index in [1.165, 1.54) is 0 Å². The van der Waals surface area contributed by atoms with Gasteiger partial charge >= 0.3 is 63.3 Å². The molecule has 1 atom stereocenters. The van der Waals surface area contributed by atoms with Gasteiger partial charge in [-0.25, -0.2) is 8.88 Å². The summed E-state index contributed by atoms with van der Waals surface area (Å²) in [5.74, 6) is 0. The summed E-state index contributed by atoms with van der Waals surface area (Å²) in [5, 5.41) is 0. The molecule has 92 valence electrons. The zero-order chi connectivity index (χ0) is 12.2. The Morgan fingerprint density at radius 1 is 1.12 bits per heavy atom. The molecule has 0 aliphatic carbocycles. The van der Waals surface area contributed by atoms with E-state index in [0.29, 0.717) is 0 Å². The Hall–Kier alpha value is 1.90. The van der Waals surface area contributed by atoms with Gasteiger partial charge in [0.1, 0.15) is 0 Å². The summed E-state index contributed by atoms with van der Waals surface area (Å²) < 4.78 is 56.0. The van der Waals surface area contributed by atoms with E-state index in [0.717, 1.165) is 0 Å². The molecule has 0 aromatic rings. The van der Waals surface area contributed by atoms with Crippen molar-refractivity contribution in [2.75, 3.05) is 0 Å². The van der Waals surface area contributed by atoms with Crippen LogP contribution in [0.4, 0.5) is 0 Å². The van der Waals surface area contributed by atoms with Crippen LogP contribution in [0.5, 0.6) is 0 Å². The van der Waals surface area contributed by atoms with Crippen molar-refractivity contribution in [3.8, 4) is 0 Å². The molecule has 0 saturated heterocycles. The van der Waals surface area contributed by atoms with Gasteiger partial charge in [0.25, 0.3) is 7.82 Å². The minimum absolute atomic E-state index is 0. The van der Waals surface area contributed by atoms with Crippen LogP contribution in [0.3, 0.4) is 0 Å². The summed E-state index contributed by atoms with van der Waals surface area (Å²) >= 11 is 0. The van der Waals surface area contributed by atoms with Gasteiger partial charge in [-0.1, -0.05) is 0 Å². The molecule has 0 aromatic heterocycles. The van der Waals surface area contributed by atoms with Crippen LogP contribution in [0.25, 0.3) is 0 Å². The molecule has 16 heteroatoms. The first-order chi connectivity index (χ1) is 5.71. The van der Waals surface area contributed by atoms with Gasteiger partial charge in [0.2, 0.25) is 0 Å². The third-order valence-corrected chi connectivity index (χ3v) is 1.89. The Morgan fingerprint density at radius 2 is 1.31 bits per heavy atom. The van der Waals surface area contributed by atoms with E-state index in [4.69, 9.17) is 32.2 Å².